The van der Waals surface area contributed by atoms with E-state index in [9.17, 15) is 0 Å². The van der Waals surface area contributed by atoms with E-state index in [-0.39, 0.29) is 0 Å². The Bertz CT molecular complexity index is 539. The molecule has 3 rings (SSSR count). The van der Waals surface area contributed by atoms with Crippen LogP contribution in [0, 0.1) is 0 Å². The third kappa shape index (κ3) is 3.50. The molecule has 5 heteroatoms. The molecule has 0 atom stereocenters. The lowest BCUT2D eigenvalue weighted by Gasteiger charge is -2.28. The Morgan fingerprint density at radius 3 is 3.05 bits per heavy atom. The van der Waals surface area contributed by atoms with Crippen LogP contribution in [0.2, 0.25) is 5.02 Å². The topological polar surface area (TPSA) is 44.9 Å². The third-order valence-corrected chi connectivity index (χ3v) is 4.79. The summed E-state index contributed by atoms with van der Waals surface area (Å²) in [5.41, 5.74) is 8.67. The summed E-state index contributed by atoms with van der Waals surface area (Å²) < 4.78 is 0. The number of guanidine groups is 1. The number of rotatable bonds is 4. The summed E-state index contributed by atoms with van der Waals surface area (Å²) in [6.07, 6.45) is 3.52. The SMILES string of the molecule is CN(C(N)=NCCN1CCc2c(Cl)cccc2C1)C1CC1. The van der Waals surface area contributed by atoms with E-state index in [1.165, 1.54) is 24.0 Å². The first-order valence-electron chi connectivity index (χ1n) is 7.66. The predicted molar refractivity (Wildman–Crippen MR) is 87.7 cm³/mol. The Hall–Kier alpha value is -1.26. The van der Waals surface area contributed by atoms with Crippen molar-refractivity contribution in [1.29, 1.82) is 0 Å². The van der Waals surface area contributed by atoms with Crippen LogP contribution in [0.3, 0.4) is 0 Å². The molecule has 0 spiro atoms. The molecule has 0 amide bonds. The number of benzene rings is 1. The smallest absolute Gasteiger partial charge is 0.191 e. The van der Waals surface area contributed by atoms with Gasteiger partial charge in [-0.3, -0.25) is 9.89 Å². The van der Waals surface area contributed by atoms with Gasteiger partial charge in [-0.2, -0.15) is 0 Å². The van der Waals surface area contributed by atoms with Crippen molar-refractivity contribution in [2.75, 3.05) is 26.7 Å². The van der Waals surface area contributed by atoms with Crippen LogP contribution >= 0.6 is 11.6 Å². The molecule has 114 valence electrons. The number of hydrogen-bond donors (Lipinski definition) is 1. The van der Waals surface area contributed by atoms with Gasteiger partial charge in [-0.25, -0.2) is 0 Å². The highest BCUT2D eigenvalue weighted by Gasteiger charge is 2.27. The summed E-state index contributed by atoms with van der Waals surface area (Å²) in [6, 6.07) is 6.81. The van der Waals surface area contributed by atoms with Gasteiger partial charge in [0.15, 0.2) is 5.96 Å². The van der Waals surface area contributed by atoms with E-state index in [0.29, 0.717) is 12.0 Å². The number of nitrogens with zero attached hydrogens (tertiary/aromatic N) is 3. The van der Waals surface area contributed by atoms with E-state index in [1.54, 1.807) is 0 Å². The molecule has 2 N–H and O–H groups in total. The van der Waals surface area contributed by atoms with Crippen LogP contribution < -0.4 is 5.73 Å². The third-order valence-electron chi connectivity index (χ3n) is 4.43. The molecular weight excluding hydrogens is 284 g/mol. The maximum absolute atomic E-state index is 6.24. The minimum Gasteiger partial charge on any atom is -0.370 e. The quantitative estimate of drug-likeness (QED) is 0.684. The van der Waals surface area contributed by atoms with Gasteiger partial charge in [-0.15, -0.1) is 0 Å². The Kier molecular flexibility index (Phi) is 4.36. The van der Waals surface area contributed by atoms with E-state index < -0.39 is 0 Å². The monoisotopic (exact) mass is 306 g/mol. The van der Waals surface area contributed by atoms with Crippen molar-refractivity contribution in [2.24, 2.45) is 10.7 Å². The first-order chi connectivity index (χ1) is 10.1. The maximum atomic E-state index is 6.24. The molecule has 21 heavy (non-hydrogen) atoms. The molecular formula is C16H23ClN4. The van der Waals surface area contributed by atoms with Crippen molar-refractivity contribution in [3.05, 3.63) is 34.3 Å². The van der Waals surface area contributed by atoms with Crippen molar-refractivity contribution >= 4 is 17.6 Å². The maximum Gasteiger partial charge on any atom is 0.191 e. The van der Waals surface area contributed by atoms with Crippen LogP contribution in [0.1, 0.15) is 24.0 Å². The molecule has 1 aliphatic carbocycles. The summed E-state index contributed by atoms with van der Waals surface area (Å²) in [6.45, 7) is 3.72. The van der Waals surface area contributed by atoms with E-state index in [0.717, 1.165) is 37.6 Å². The fourth-order valence-electron chi connectivity index (χ4n) is 2.88. The molecule has 0 aromatic heterocycles. The average molecular weight is 307 g/mol. The molecule has 1 aromatic rings. The molecule has 0 bridgehead atoms. The summed E-state index contributed by atoms with van der Waals surface area (Å²) >= 11 is 6.24. The Morgan fingerprint density at radius 2 is 2.29 bits per heavy atom. The predicted octanol–water partition coefficient (Wildman–Crippen LogP) is 2.11. The van der Waals surface area contributed by atoms with Gasteiger partial charge in [0, 0.05) is 37.7 Å². The first kappa shape index (κ1) is 14.7. The molecule has 0 saturated heterocycles. The number of nitrogens with two attached hydrogens (primary N) is 1. The molecule has 1 fully saturated rings. The second kappa shape index (κ2) is 6.24. The van der Waals surface area contributed by atoms with Crippen LogP contribution in [0.4, 0.5) is 0 Å². The normalized spacial score (nSPS) is 19.4. The zero-order valence-corrected chi connectivity index (χ0v) is 13.3. The van der Waals surface area contributed by atoms with Crippen LogP contribution in [-0.2, 0) is 13.0 Å². The lowest BCUT2D eigenvalue weighted by Crippen LogP contribution is -2.37. The zero-order chi connectivity index (χ0) is 14.8. The number of aliphatic imine (C=N–C) groups is 1. The highest BCUT2D eigenvalue weighted by Crippen LogP contribution is 2.26. The van der Waals surface area contributed by atoms with Gasteiger partial charge in [-0.1, -0.05) is 23.7 Å². The second-order valence-electron chi connectivity index (χ2n) is 5.99. The summed E-state index contributed by atoms with van der Waals surface area (Å²) in [7, 11) is 2.04. The number of fused-ring (bicyclic) bond motifs is 1. The van der Waals surface area contributed by atoms with Crippen molar-refractivity contribution in [2.45, 2.75) is 31.8 Å². The fourth-order valence-corrected chi connectivity index (χ4v) is 3.17. The van der Waals surface area contributed by atoms with Crippen molar-refractivity contribution in [3.63, 3.8) is 0 Å². The molecule has 2 aliphatic rings. The van der Waals surface area contributed by atoms with Crippen LogP contribution in [0.5, 0.6) is 0 Å². The van der Waals surface area contributed by atoms with Crippen LogP contribution in [-0.4, -0.2) is 48.5 Å². The molecule has 1 aromatic carbocycles. The van der Waals surface area contributed by atoms with Gasteiger partial charge < -0.3 is 10.6 Å². The summed E-state index contributed by atoms with van der Waals surface area (Å²) in [4.78, 5) is 9.03. The molecule has 1 heterocycles. The lowest BCUT2D eigenvalue weighted by atomic mass is 10.00. The number of hydrogen-bond acceptors (Lipinski definition) is 2. The van der Waals surface area contributed by atoms with Gasteiger partial charge >= 0.3 is 0 Å². The Morgan fingerprint density at radius 1 is 1.48 bits per heavy atom. The molecule has 0 radical (unpaired) electrons. The summed E-state index contributed by atoms with van der Waals surface area (Å²) in [5.74, 6) is 0.679. The highest BCUT2D eigenvalue weighted by atomic mass is 35.5. The van der Waals surface area contributed by atoms with E-state index in [4.69, 9.17) is 17.3 Å². The van der Waals surface area contributed by atoms with Gasteiger partial charge in [0.25, 0.3) is 0 Å². The highest BCUT2D eigenvalue weighted by molar-refractivity contribution is 6.31. The first-order valence-corrected chi connectivity index (χ1v) is 8.04. The summed E-state index contributed by atoms with van der Waals surface area (Å²) in [5, 5.41) is 0.903. The largest absolute Gasteiger partial charge is 0.370 e. The molecule has 1 aliphatic heterocycles. The molecule has 4 nitrogen and oxygen atoms in total. The van der Waals surface area contributed by atoms with Crippen molar-refractivity contribution in [3.8, 4) is 0 Å². The molecule has 1 saturated carbocycles. The van der Waals surface area contributed by atoms with Gasteiger partial charge in [-0.05, 0) is 36.5 Å². The van der Waals surface area contributed by atoms with E-state index >= 15 is 0 Å². The van der Waals surface area contributed by atoms with Crippen molar-refractivity contribution < 1.29 is 0 Å². The van der Waals surface area contributed by atoms with Crippen LogP contribution in [0.25, 0.3) is 0 Å². The Balaban J connectivity index is 1.52. The minimum absolute atomic E-state index is 0.623. The Labute approximate surface area is 131 Å². The van der Waals surface area contributed by atoms with E-state index in [2.05, 4.69) is 20.9 Å². The minimum atomic E-state index is 0.623. The standard InChI is InChI=1S/C16H23ClN4/c1-20(13-5-6-13)16(18)19-8-10-21-9-7-14-12(11-21)3-2-4-15(14)17/h2-4,13H,5-11H2,1H3,(H2,18,19). The molecule has 0 unspecified atom stereocenters. The van der Waals surface area contributed by atoms with Gasteiger partial charge in [0.2, 0.25) is 0 Å². The lowest BCUT2D eigenvalue weighted by molar-refractivity contribution is 0.261. The van der Waals surface area contributed by atoms with E-state index in [1.807, 2.05) is 19.2 Å². The van der Waals surface area contributed by atoms with Crippen molar-refractivity contribution in [1.82, 2.24) is 9.80 Å². The fraction of sp³-hybridized carbons (Fsp3) is 0.562. The number of halogens is 1. The van der Waals surface area contributed by atoms with Gasteiger partial charge in [0.05, 0.1) is 6.54 Å². The zero-order valence-electron chi connectivity index (χ0n) is 12.6. The second-order valence-corrected chi connectivity index (χ2v) is 6.39. The average Bonchev–Trinajstić information content (AvgIpc) is 3.31. The van der Waals surface area contributed by atoms with Gasteiger partial charge in [0.1, 0.15) is 0 Å². The van der Waals surface area contributed by atoms with Crippen LogP contribution in [0.15, 0.2) is 23.2 Å².